The fourth-order valence-electron chi connectivity index (χ4n) is 1.31. The molecule has 0 saturated carbocycles. The summed E-state index contributed by atoms with van der Waals surface area (Å²) in [4.78, 5) is 16.1. The van der Waals surface area contributed by atoms with Gasteiger partial charge in [0.05, 0.1) is 16.8 Å². The fourth-order valence-corrected chi connectivity index (χ4v) is 1.31. The molecule has 0 fully saturated rings. The van der Waals surface area contributed by atoms with Gasteiger partial charge in [0.1, 0.15) is 0 Å². The van der Waals surface area contributed by atoms with Crippen molar-refractivity contribution in [3.63, 3.8) is 0 Å². The van der Waals surface area contributed by atoms with Crippen LogP contribution in [-0.2, 0) is 0 Å². The van der Waals surface area contributed by atoms with Gasteiger partial charge in [-0.15, -0.1) is 0 Å². The maximum absolute atomic E-state index is 13.3. The van der Waals surface area contributed by atoms with Crippen molar-refractivity contribution in [1.29, 1.82) is 0 Å². The van der Waals surface area contributed by atoms with Gasteiger partial charge < -0.3 is 10.7 Å². The highest BCUT2D eigenvalue weighted by Crippen LogP contribution is 2.24. The second-order valence-corrected chi connectivity index (χ2v) is 3.11. The van der Waals surface area contributed by atoms with Gasteiger partial charge in [-0.25, -0.2) is 4.98 Å². The first-order chi connectivity index (χ1) is 7.58. The lowest BCUT2D eigenvalue weighted by molar-refractivity contribution is -0.387. The highest BCUT2D eigenvalue weighted by molar-refractivity contribution is 5.61. The molecular formula is C9H7FN4O2. The molecule has 0 saturated heterocycles. The summed E-state index contributed by atoms with van der Waals surface area (Å²) in [5.41, 5.74) is 5.76. The Morgan fingerprint density at radius 2 is 2.25 bits per heavy atom. The molecule has 16 heavy (non-hydrogen) atoms. The minimum atomic E-state index is -0.893. The first-order valence-corrected chi connectivity index (χ1v) is 4.32. The van der Waals surface area contributed by atoms with Crippen LogP contribution in [-0.4, -0.2) is 14.9 Å². The van der Waals surface area contributed by atoms with E-state index < -0.39 is 16.4 Å². The topological polar surface area (TPSA) is 97.8 Å². The van der Waals surface area contributed by atoms with Gasteiger partial charge in [0.15, 0.2) is 5.95 Å². The summed E-state index contributed by atoms with van der Waals surface area (Å²) >= 11 is 0. The van der Waals surface area contributed by atoms with E-state index in [1.165, 1.54) is 12.3 Å². The number of aromatic amines is 1. The lowest BCUT2D eigenvalue weighted by Crippen LogP contribution is -1.92. The fraction of sp³-hybridized carbons (Fsp3) is 0. The van der Waals surface area contributed by atoms with Crippen LogP contribution in [0.5, 0.6) is 0 Å². The number of aromatic nitrogens is 2. The molecule has 6 nitrogen and oxygen atoms in total. The largest absolute Gasteiger partial charge is 0.369 e. The Bertz CT molecular complexity index is 552. The minimum Gasteiger partial charge on any atom is -0.369 e. The van der Waals surface area contributed by atoms with E-state index in [9.17, 15) is 14.5 Å². The van der Waals surface area contributed by atoms with Gasteiger partial charge in [0.25, 0.3) is 0 Å². The third-order valence-corrected chi connectivity index (χ3v) is 2.05. The molecule has 0 amide bonds. The summed E-state index contributed by atoms with van der Waals surface area (Å²) in [6.07, 6.45) is 1.43. The summed E-state index contributed by atoms with van der Waals surface area (Å²) in [6.45, 7) is 0. The van der Waals surface area contributed by atoms with Crippen LogP contribution in [0, 0.1) is 15.9 Å². The molecule has 0 aliphatic carbocycles. The van der Waals surface area contributed by atoms with E-state index in [1.54, 1.807) is 0 Å². The van der Waals surface area contributed by atoms with Crippen molar-refractivity contribution in [2.45, 2.75) is 0 Å². The standard InChI is InChI=1S/C9H7FN4O2/c10-6-3-5(1-2-8(6)14(15)16)7-4-12-9(11)13-7/h1-4H,(H3,11,12,13). The molecule has 0 radical (unpaired) electrons. The molecule has 1 aromatic carbocycles. The third-order valence-electron chi connectivity index (χ3n) is 2.05. The first-order valence-electron chi connectivity index (χ1n) is 4.32. The number of nitro benzene ring substituents is 1. The van der Waals surface area contributed by atoms with Crippen molar-refractivity contribution < 1.29 is 9.31 Å². The Morgan fingerprint density at radius 3 is 2.75 bits per heavy atom. The molecular weight excluding hydrogens is 215 g/mol. The predicted octanol–water partition coefficient (Wildman–Crippen LogP) is 1.71. The van der Waals surface area contributed by atoms with Crippen LogP contribution < -0.4 is 5.73 Å². The molecule has 1 aromatic heterocycles. The summed E-state index contributed by atoms with van der Waals surface area (Å²) < 4.78 is 13.3. The second-order valence-electron chi connectivity index (χ2n) is 3.11. The number of hydrogen-bond acceptors (Lipinski definition) is 4. The summed E-state index contributed by atoms with van der Waals surface area (Å²) in [6, 6.07) is 3.58. The Kier molecular flexibility index (Phi) is 2.28. The van der Waals surface area contributed by atoms with Gasteiger partial charge in [0.2, 0.25) is 5.82 Å². The number of anilines is 1. The average Bonchev–Trinajstić information content (AvgIpc) is 2.64. The van der Waals surface area contributed by atoms with Gasteiger partial charge in [-0.1, -0.05) is 0 Å². The molecule has 0 atom stereocenters. The first kappa shape index (κ1) is 10.1. The Labute approximate surface area is 89.1 Å². The molecule has 1 heterocycles. The molecule has 2 aromatic rings. The van der Waals surface area contributed by atoms with Gasteiger partial charge >= 0.3 is 5.69 Å². The van der Waals surface area contributed by atoms with Crippen LogP contribution in [0.1, 0.15) is 0 Å². The maximum atomic E-state index is 13.3. The highest BCUT2D eigenvalue weighted by Gasteiger charge is 2.14. The molecule has 0 aliphatic rings. The van der Waals surface area contributed by atoms with Crippen LogP contribution in [0.25, 0.3) is 11.3 Å². The number of nitrogens with two attached hydrogens (primary N) is 1. The van der Waals surface area contributed by atoms with E-state index in [1.807, 2.05) is 0 Å². The van der Waals surface area contributed by atoms with E-state index in [-0.39, 0.29) is 5.95 Å². The molecule has 3 N–H and O–H groups in total. The maximum Gasteiger partial charge on any atom is 0.304 e. The number of nitrogen functional groups attached to an aromatic ring is 1. The monoisotopic (exact) mass is 222 g/mol. The molecule has 2 rings (SSSR count). The number of nitro groups is 1. The highest BCUT2D eigenvalue weighted by atomic mass is 19.1. The number of rotatable bonds is 2. The minimum absolute atomic E-state index is 0.203. The Morgan fingerprint density at radius 1 is 1.50 bits per heavy atom. The molecule has 0 aliphatic heterocycles. The summed E-state index contributed by atoms with van der Waals surface area (Å²) in [5, 5.41) is 10.4. The molecule has 82 valence electrons. The van der Waals surface area contributed by atoms with Crippen LogP contribution in [0.15, 0.2) is 24.4 Å². The lowest BCUT2D eigenvalue weighted by atomic mass is 10.1. The van der Waals surface area contributed by atoms with E-state index in [0.29, 0.717) is 11.3 Å². The van der Waals surface area contributed by atoms with E-state index in [0.717, 1.165) is 12.1 Å². The normalized spacial score (nSPS) is 10.3. The number of nitrogens with zero attached hydrogens (tertiary/aromatic N) is 2. The summed E-state index contributed by atoms with van der Waals surface area (Å²) in [5.74, 6) is -0.690. The zero-order valence-electron chi connectivity index (χ0n) is 7.98. The predicted molar refractivity (Wildman–Crippen MR) is 55.0 cm³/mol. The van der Waals surface area contributed by atoms with E-state index in [4.69, 9.17) is 5.73 Å². The zero-order chi connectivity index (χ0) is 11.7. The second kappa shape index (κ2) is 3.61. The zero-order valence-corrected chi connectivity index (χ0v) is 7.98. The van der Waals surface area contributed by atoms with Gasteiger partial charge in [-0.3, -0.25) is 10.1 Å². The number of nitrogens with one attached hydrogen (secondary N) is 1. The van der Waals surface area contributed by atoms with Crippen molar-refractivity contribution in [3.05, 3.63) is 40.3 Å². The Balaban J connectivity index is 2.45. The van der Waals surface area contributed by atoms with Crippen molar-refractivity contribution in [2.24, 2.45) is 0 Å². The number of imidazole rings is 1. The smallest absolute Gasteiger partial charge is 0.304 e. The third kappa shape index (κ3) is 1.70. The Hall–Kier alpha value is -2.44. The number of hydrogen-bond donors (Lipinski definition) is 2. The van der Waals surface area contributed by atoms with Gasteiger partial charge in [-0.05, 0) is 12.1 Å². The summed E-state index contributed by atoms with van der Waals surface area (Å²) in [7, 11) is 0. The van der Waals surface area contributed by atoms with Gasteiger partial charge in [-0.2, -0.15) is 4.39 Å². The number of halogens is 1. The van der Waals surface area contributed by atoms with Crippen LogP contribution in [0.3, 0.4) is 0 Å². The van der Waals surface area contributed by atoms with Crippen molar-refractivity contribution in [1.82, 2.24) is 9.97 Å². The number of benzene rings is 1. The quantitative estimate of drug-likeness (QED) is 0.596. The van der Waals surface area contributed by atoms with Crippen LogP contribution >= 0.6 is 0 Å². The molecule has 0 spiro atoms. The van der Waals surface area contributed by atoms with E-state index >= 15 is 0 Å². The van der Waals surface area contributed by atoms with Crippen LogP contribution in [0.2, 0.25) is 0 Å². The molecule has 7 heteroatoms. The van der Waals surface area contributed by atoms with E-state index in [2.05, 4.69) is 9.97 Å². The van der Waals surface area contributed by atoms with Gasteiger partial charge in [0, 0.05) is 11.6 Å². The van der Waals surface area contributed by atoms with Crippen molar-refractivity contribution in [3.8, 4) is 11.3 Å². The van der Waals surface area contributed by atoms with Crippen molar-refractivity contribution >= 4 is 11.6 Å². The average molecular weight is 222 g/mol. The lowest BCUT2D eigenvalue weighted by Gasteiger charge is -1.98. The number of H-pyrrole nitrogens is 1. The van der Waals surface area contributed by atoms with Crippen molar-refractivity contribution in [2.75, 3.05) is 5.73 Å². The molecule has 0 unspecified atom stereocenters. The molecule has 0 bridgehead atoms. The SMILES string of the molecule is Nc1ncc(-c2ccc([N+](=O)[O-])c(F)c2)[nH]1. The van der Waals surface area contributed by atoms with Crippen LogP contribution in [0.4, 0.5) is 16.0 Å².